The summed E-state index contributed by atoms with van der Waals surface area (Å²) in [5, 5.41) is 5.45. The van der Waals surface area contributed by atoms with Crippen molar-refractivity contribution in [2.24, 2.45) is 7.05 Å². The molecule has 2 aromatic rings. The van der Waals surface area contributed by atoms with Gasteiger partial charge < -0.3 is 29.6 Å². The van der Waals surface area contributed by atoms with Crippen LogP contribution in [0.1, 0.15) is 11.7 Å². The van der Waals surface area contributed by atoms with E-state index in [4.69, 9.17) is 9.47 Å². The molecule has 0 spiro atoms. The van der Waals surface area contributed by atoms with E-state index in [0.717, 1.165) is 31.9 Å². The van der Waals surface area contributed by atoms with Gasteiger partial charge in [0.2, 0.25) is 0 Å². The SMILES string of the molecule is CN1CCN([C@H](CNC(=O)C(=O)Nc2ccc3c(c2)OCCO3)c2cccn2C)CC1. The maximum Gasteiger partial charge on any atom is 0.313 e. The average Bonchev–Trinajstić information content (AvgIpc) is 3.20. The number of anilines is 1. The van der Waals surface area contributed by atoms with Crippen molar-refractivity contribution in [3.05, 3.63) is 42.2 Å². The summed E-state index contributed by atoms with van der Waals surface area (Å²) in [4.78, 5) is 29.6. The lowest BCUT2D eigenvalue weighted by Gasteiger charge is -2.38. The van der Waals surface area contributed by atoms with Crippen LogP contribution in [-0.4, -0.2) is 79.2 Å². The van der Waals surface area contributed by atoms with Crippen molar-refractivity contribution in [3.63, 3.8) is 0 Å². The van der Waals surface area contributed by atoms with Gasteiger partial charge in [-0.15, -0.1) is 0 Å². The van der Waals surface area contributed by atoms with Crippen molar-refractivity contribution < 1.29 is 19.1 Å². The number of amides is 2. The fourth-order valence-corrected chi connectivity index (χ4v) is 3.95. The van der Waals surface area contributed by atoms with Gasteiger partial charge in [0, 0.05) is 63.4 Å². The molecular weight excluding hydrogens is 398 g/mol. The minimum Gasteiger partial charge on any atom is -0.486 e. The van der Waals surface area contributed by atoms with Crippen molar-refractivity contribution in [1.29, 1.82) is 0 Å². The average molecular weight is 428 g/mol. The van der Waals surface area contributed by atoms with E-state index in [9.17, 15) is 9.59 Å². The Morgan fingerprint density at radius 3 is 2.45 bits per heavy atom. The van der Waals surface area contributed by atoms with Gasteiger partial charge in [-0.1, -0.05) is 0 Å². The number of likely N-dealkylation sites (N-methyl/N-ethyl adjacent to an activating group) is 1. The topological polar surface area (TPSA) is 88.1 Å². The van der Waals surface area contributed by atoms with Crippen LogP contribution in [0.5, 0.6) is 11.5 Å². The molecule has 0 aliphatic carbocycles. The number of hydrogen-bond acceptors (Lipinski definition) is 6. The Morgan fingerprint density at radius 1 is 1.00 bits per heavy atom. The number of rotatable bonds is 5. The molecule has 31 heavy (non-hydrogen) atoms. The molecule has 1 saturated heterocycles. The highest BCUT2D eigenvalue weighted by molar-refractivity contribution is 6.39. The summed E-state index contributed by atoms with van der Waals surface area (Å²) in [6.07, 6.45) is 1.99. The molecule has 2 aliphatic heterocycles. The molecule has 3 heterocycles. The van der Waals surface area contributed by atoms with Gasteiger partial charge in [-0.3, -0.25) is 14.5 Å². The number of carbonyl (C=O) groups excluding carboxylic acids is 2. The van der Waals surface area contributed by atoms with Gasteiger partial charge in [-0.05, 0) is 31.3 Å². The lowest BCUT2D eigenvalue weighted by Crippen LogP contribution is -2.49. The second kappa shape index (κ2) is 9.40. The second-order valence-corrected chi connectivity index (χ2v) is 7.92. The zero-order valence-electron chi connectivity index (χ0n) is 18.0. The molecule has 1 fully saturated rings. The van der Waals surface area contributed by atoms with Gasteiger partial charge in [-0.25, -0.2) is 0 Å². The Labute approximate surface area is 181 Å². The van der Waals surface area contributed by atoms with Crippen LogP contribution in [0, 0.1) is 0 Å². The van der Waals surface area contributed by atoms with Gasteiger partial charge in [0.05, 0.1) is 6.04 Å². The zero-order valence-corrected chi connectivity index (χ0v) is 18.0. The normalized spacial score (nSPS) is 17.7. The van der Waals surface area contributed by atoms with E-state index < -0.39 is 11.8 Å². The number of benzene rings is 1. The first-order valence-corrected chi connectivity index (χ1v) is 10.5. The zero-order chi connectivity index (χ0) is 21.8. The number of nitrogens with zero attached hydrogens (tertiary/aromatic N) is 3. The highest BCUT2D eigenvalue weighted by Gasteiger charge is 2.27. The summed E-state index contributed by atoms with van der Waals surface area (Å²) in [7, 11) is 4.10. The van der Waals surface area contributed by atoms with Crippen LogP contribution in [0.4, 0.5) is 5.69 Å². The van der Waals surface area contributed by atoms with Gasteiger partial charge in [-0.2, -0.15) is 0 Å². The van der Waals surface area contributed by atoms with Crippen LogP contribution >= 0.6 is 0 Å². The van der Waals surface area contributed by atoms with E-state index in [-0.39, 0.29) is 6.04 Å². The van der Waals surface area contributed by atoms with Crippen molar-refractivity contribution in [2.75, 3.05) is 58.3 Å². The molecule has 9 heteroatoms. The summed E-state index contributed by atoms with van der Waals surface area (Å²) in [6.45, 7) is 5.07. The Bertz CT molecular complexity index is 936. The van der Waals surface area contributed by atoms with Gasteiger partial charge in [0.1, 0.15) is 13.2 Å². The molecule has 1 aromatic carbocycles. The van der Waals surface area contributed by atoms with Crippen molar-refractivity contribution >= 4 is 17.5 Å². The maximum absolute atomic E-state index is 12.5. The first kappa shape index (κ1) is 21.2. The Hall–Kier alpha value is -3.04. The summed E-state index contributed by atoms with van der Waals surface area (Å²) in [5.74, 6) is -0.182. The number of nitrogens with one attached hydrogen (secondary N) is 2. The third-order valence-electron chi connectivity index (χ3n) is 5.77. The summed E-state index contributed by atoms with van der Waals surface area (Å²) >= 11 is 0. The third kappa shape index (κ3) is 5.00. The van der Waals surface area contributed by atoms with Crippen LogP contribution < -0.4 is 20.1 Å². The van der Waals surface area contributed by atoms with E-state index >= 15 is 0 Å². The van der Waals surface area contributed by atoms with Crippen molar-refractivity contribution in [1.82, 2.24) is 19.7 Å². The molecule has 1 aromatic heterocycles. The minimum atomic E-state index is -0.708. The fraction of sp³-hybridized carbons (Fsp3) is 0.455. The quantitative estimate of drug-likeness (QED) is 0.688. The van der Waals surface area contributed by atoms with Crippen LogP contribution in [0.15, 0.2) is 36.5 Å². The summed E-state index contributed by atoms with van der Waals surface area (Å²) in [5.41, 5.74) is 1.60. The number of aromatic nitrogens is 1. The van der Waals surface area contributed by atoms with E-state index in [2.05, 4.69) is 38.1 Å². The van der Waals surface area contributed by atoms with Crippen LogP contribution in [0.25, 0.3) is 0 Å². The first-order valence-electron chi connectivity index (χ1n) is 10.5. The molecule has 0 bridgehead atoms. The molecule has 2 amide bonds. The smallest absolute Gasteiger partial charge is 0.313 e. The molecule has 0 unspecified atom stereocenters. The lowest BCUT2D eigenvalue weighted by atomic mass is 10.1. The maximum atomic E-state index is 12.5. The van der Waals surface area contributed by atoms with Crippen LogP contribution in [0.3, 0.4) is 0 Å². The molecule has 1 atom stereocenters. The molecule has 2 aliphatic rings. The standard InChI is InChI=1S/C22H29N5O4/c1-25-8-10-27(11-9-25)18(17-4-3-7-26(17)2)15-23-21(28)22(29)24-16-5-6-19-20(14-16)31-13-12-30-19/h3-7,14,18H,8-13,15H2,1-2H3,(H,23,28)(H,24,29)/t18-/m1/s1. The first-order chi connectivity index (χ1) is 15.0. The third-order valence-corrected chi connectivity index (χ3v) is 5.77. The largest absolute Gasteiger partial charge is 0.486 e. The lowest BCUT2D eigenvalue weighted by molar-refractivity contribution is -0.136. The number of hydrogen-bond donors (Lipinski definition) is 2. The predicted molar refractivity (Wildman–Crippen MR) is 116 cm³/mol. The molecule has 4 rings (SSSR count). The molecule has 0 saturated carbocycles. The van der Waals surface area contributed by atoms with E-state index in [0.29, 0.717) is 36.9 Å². The Balaban J connectivity index is 1.38. The van der Waals surface area contributed by atoms with Crippen LogP contribution in [0.2, 0.25) is 0 Å². The van der Waals surface area contributed by atoms with E-state index in [1.165, 1.54) is 0 Å². The highest BCUT2D eigenvalue weighted by atomic mass is 16.6. The monoisotopic (exact) mass is 427 g/mol. The predicted octanol–water partition coefficient (Wildman–Crippen LogP) is 0.840. The van der Waals surface area contributed by atoms with Crippen LogP contribution in [-0.2, 0) is 16.6 Å². The van der Waals surface area contributed by atoms with Gasteiger partial charge in [0.25, 0.3) is 0 Å². The minimum absolute atomic E-state index is 0.000238. The number of carbonyl (C=O) groups is 2. The Kier molecular flexibility index (Phi) is 6.43. The fourth-order valence-electron chi connectivity index (χ4n) is 3.95. The second-order valence-electron chi connectivity index (χ2n) is 7.92. The molecule has 9 nitrogen and oxygen atoms in total. The summed E-state index contributed by atoms with van der Waals surface area (Å²) in [6, 6.07) is 9.13. The Morgan fingerprint density at radius 2 is 1.74 bits per heavy atom. The molecular formula is C22H29N5O4. The van der Waals surface area contributed by atoms with E-state index in [1.54, 1.807) is 18.2 Å². The highest BCUT2D eigenvalue weighted by Crippen LogP contribution is 2.32. The van der Waals surface area contributed by atoms with Gasteiger partial charge >= 0.3 is 11.8 Å². The summed E-state index contributed by atoms with van der Waals surface area (Å²) < 4.78 is 13.1. The number of aryl methyl sites for hydroxylation is 1. The van der Waals surface area contributed by atoms with Gasteiger partial charge in [0.15, 0.2) is 11.5 Å². The number of fused-ring (bicyclic) bond motifs is 1. The number of ether oxygens (including phenoxy) is 2. The number of piperazine rings is 1. The molecule has 0 radical (unpaired) electrons. The van der Waals surface area contributed by atoms with Crippen molar-refractivity contribution in [2.45, 2.75) is 6.04 Å². The molecule has 166 valence electrons. The van der Waals surface area contributed by atoms with Crippen molar-refractivity contribution in [3.8, 4) is 11.5 Å². The molecule has 2 N–H and O–H groups in total. The van der Waals surface area contributed by atoms with E-state index in [1.807, 2.05) is 19.3 Å².